The van der Waals surface area contributed by atoms with Crippen LogP contribution in [0.5, 0.6) is 0 Å². The Morgan fingerprint density at radius 2 is 1.05 bits per heavy atom. The van der Waals surface area contributed by atoms with Gasteiger partial charge in [0.2, 0.25) is 0 Å². The largest absolute Gasteiger partial charge is 0.478 e. The van der Waals surface area contributed by atoms with Crippen LogP contribution < -0.4 is 0 Å². The molecule has 41 heavy (non-hydrogen) atoms. The summed E-state index contributed by atoms with van der Waals surface area (Å²) in [4.78, 5) is 38.5. The molecule has 1 N–H and O–H groups in total. The number of carbonyl (C=O) groups excluding carboxylic acids is 2. The highest BCUT2D eigenvalue weighted by molar-refractivity contribution is 6.06. The number of carbonyl (C=O) groups is 3. The van der Waals surface area contributed by atoms with Gasteiger partial charge in [-0.25, -0.2) is 14.4 Å². The quantitative estimate of drug-likeness (QED) is 0.103. The van der Waals surface area contributed by atoms with Crippen molar-refractivity contribution in [2.75, 3.05) is 13.2 Å². The average Bonchev–Trinajstić information content (AvgIpc) is 2.90. The summed E-state index contributed by atoms with van der Waals surface area (Å²) >= 11 is 0. The number of unbranched alkanes of at least 4 members (excludes halogenated alkanes) is 8. The molecule has 0 radical (unpaired) electrons. The van der Waals surface area contributed by atoms with E-state index in [9.17, 15) is 19.5 Å². The van der Waals surface area contributed by atoms with Crippen molar-refractivity contribution < 1.29 is 29.0 Å². The monoisotopic (exact) mass is 574 g/mol. The average molecular weight is 575 g/mol. The van der Waals surface area contributed by atoms with Gasteiger partial charge in [0.15, 0.2) is 0 Å². The zero-order valence-corrected chi connectivity index (χ0v) is 26.9. The molecule has 0 heterocycles. The molecule has 0 atom stereocenters. The van der Waals surface area contributed by atoms with Gasteiger partial charge in [-0.15, -0.1) is 0 Å². The minimum absolute atomic E-state index is 0.00354. The van der Waals surface area contributed by atoms with Crippen LogP contribution in [0, 0.1) is 17.8 Å². The molecular formula is C35H58O6. The Bertz CT molecular complexity index is 902. The van der Waals surface area contributed by atoms with Crippen LogP contribution in [0.25, 0.3) is 0 Å². The van der Waals surface area contributed by atoms with E-state index in [2.05, 4.69) is 41.5 Å². The van der Waals surface area contributed by atoms with Crippen molar-refractivity contribution in [1.82, 2.24) is 0 Å². The molecule has 6 heteroatoms. The van der Waals surface area contributed by atoms with Crippen molar-refractivity contribution in [3.8, 4) is 0 Å². The molecule has 0 aliphatic heterocycles. The molecule has 0 amide bonds. The van der Waals surface area contributed by atoms with Crippen LogP contribution in [-0.2, 0) is 15.9 Å². The van der Waals surface area contributed by atoms with Crippen molar-refractivity contribution >= 4 is 17.9 Å². The van der Waals surface area contributed by atoms with E-state index in [1.807, 2.05) is 0 Å². The van der Waals surface area contributed by atoms with E-state index in [4.69, 9.17) is 9.47 Å². The maximum Gasteiger partial charge on any atom is 0.339 e. The second-order valence-corrected chi connectivity index (χ2v) is 12.8. The highest BCUT2D eigenvalue weighted by atomic mass is 16.5. The van der Waals surface area contributed by atoms with Crippen LogP contribution in [0.1, 0.15) is 168 Å². The number of rotatable bonds is 23. The molecule has 0 spiro atoms. The number of esters is 2. The highest BCUT2D eigenvalue weighted by Gasteiger charge is 2.26. The molecule has 1 aromatic carbocycles. The molecule has 0 saturated carbocycles. The Morgan fingerprint density at radius 3 is 1.54 bits per heavy atom. The van der Waals surface area contributed by atoms with Crippen LogP contribution in [-0.4, -0.2) is 36.2 Å². The fraction of sp³-hybridized carbons (Fsp3) is 0.743. The fourth-order valence-electron chi connectivity index (χ4n) is 4.97. The topological polar surface area (TPSA) is 89.9 Å². The lowest BCUT2D eigenvalue weighted by Crippen LogP contribution is -2.19. The van der Waals surface area contributed by atoms with Crippen molar-refractivity contribution in [3.63, 3.8) is 0 Å². The Labute approximate surface area is 250 Å². The van der Waals surface area contributed by atoms with Gasteiger partial charge in [0, 0.05) is 0 Å². The van der Waals surface area contributed by atoms with Gasteiger partial charge in [0.05, 0.1) is 29.9 Å². The number of aryl methyl sites for hydroxylation is 1. The molecule has 0 aliphatic carbocycles. The van der Waals surface area contributed by atoms with Crippen molar-refractivity contribution in [2.45, 2.75) is 138 Å². The number of benzene rings is 1. The predicted octanol–water partition coefficient (Wildman–Crippen LogP) is 9.67. The van der Waals surface area contributed by atoms with Gasteiger partial charge in [-0.05, 0) is 61.1 Å². The third-order valence-electron chi connectivity index (χ3n) is 7.44. The number of carboxylic acids is 1. The lowest BCUT2D eigenvalue weighted by atomic mass is 9.93. The summed E-state index contributed by atoms with van der Waals surface area (Å²) in [5, 5.41) is 9.77. The van der Waals surface area contributed by atoms with Gasteiger partial charge in [0.25, 0.3) is 0 Å². The van der Waals surface area contributed by atoms with Crippen molar-refractivity contribution in [2.24, 2.45) is 17.8 Å². The van der Waals surface area contributed by atoms with E-state index in [0.717, 1.165) is 77.0 Å². The van der Waals surface area contributed by atoms with Crippen LogP contribution in [0.15, 0.2) is 12.1 Å². The summed E-state index contributed by atoms with van der Waals surface area (Å²) in [6, 6.07) is 2.81. The van der Waals surface area contributed by atoms with E-state index in [1.165, 1.54) is 25.0 Å². The summed E-state index contributed by atoms with van der Waals surface area (Å²) in [6.07, 6.45) is 14.8. The molecule has 1 aromatic rings. The highest BCUT2D eigenvalue weighted by Crippen LogP contribution is 2.24. The number of aromatic carboxylic acids is 1. The summed E-state index contributed by atoms with van der Waals surface area (Å²) in [5.41, 5.74) is 0.720. The Hall–Kier alpha value is -2.37. The summed E-state index contributed by atoms with van der Waals surface area (Å²) < 4.78 is 11.2. The molecule has 6 nitrogen and oxygen atoms in total. The number of carboxylic acid groups (broad SMARTS) is 1. The molecule has 0 aliphatic rings. The van der Waals surface area contributed by atoms with Gasteiger partial charge < -0.3 is 14.6 Å². The summed E-state index contributed by atoms with van der Waals surface area (Å²) in [7, 11) is 0. The molecule has 1 rings (SSSR count). The van der Waals surface area contributed by atoms with Gasteiger partial charge >= 0.3 is 17.9 Å². The SMILES string of the molecule is CC(C)CCCCCCCc1cc(C(=O)O)cc(C(=O)OCCCCCC(C)C)c1C(=O)OCCCCCC(C)C. The molecule has 0 unspecified atom stereocenters. The van der Waals surface area contributed by atoms with Crippen molar-refractivity contribution in [1.29, 1.82) is 0 Å². The number of hydrogen-bond acceptors (Lipinski definition) is 5. The van der Waals surface area contributed by atoms with E-state index >= 15 is 0 Å². The molecule has 0 bridgehead atoms. The molecule has 0 saturated heterocycles. The Morgan fingerprint density at radius 1 is 0.610 bits per heavy atom. The first kappa shape index (κ1) is 36.7. The lowest BCUT2D eigenvalue weighted by Gasteiger charge is -2.16. The minimum atomic E-state index is -1.13. The first-order valence-corrected chi connectivity index (χ1v) is 16.3. The van der Waals surface area contributed by atoms with E-state index in [1.54, 1.807) is 0 Å². The maximum atomic E-state index is 13.4. The predicted molar refractivity (Wildman–Crippen MR) is 167 cm³/mol. The first-order chi connectivity index (χ1) is 19.5. The normalized spacial score (nSPS) is 11.4. The third-order valence-corrected chi connectivity index (χ3v) is 7.44. The summed E-state index contributed by atoms with van der Waals surface area (Å²) in [5.74, 6) is -0.369. The van der Waals surface area contributed by atoms with Gasteiger partial charge in [-0.2, -0.15) is 0 Å². The van der Waals surface area contributed by atoms with Crippen molar-refractivity contribution in [3.05, 3.63) is 34.4 Å². The fourth-order valence-corrected chi connectivity index (χ4v) is 4.97. The van der Waals surface area contributed by atoms with Crippen LogP contribution >= 0.6 is 0 Å². The van der Waals surface area contributed by atoms with Crippen LogP contribution in [0.2, 0.25) is 0 Å². The molecule has 0 aromatic heterocycles. The summed E-state index contributed by atoms with van der Waals surface area (Å²) in [6.45, 7) is 13.7. The maximum absolute atomic E-state index is 13.4. The first-order valence-electron chi connectivity index (χ1n) is 16.3. The van der Waals surface area contributed by atoms with Gasteiger partial charge in [0.1, 0.15) is 0 Å². The van der Waals surface area contributed by atoms with Gasteiger partial charge in [-0.1, -0.05) is 112 Å². The second-order valence-electron chi connectivity index (χ2n) is 12.8. The number of hydrogen-bond donors (Lipinski definition) is 1. The minimum Gasteiger partial charge on any atom is -0.478 e. The van der Waals surface area contributed by atoms with Crippen LogP contribution in [0.3, 0.4) is 0 Å². The standard InChI is InChI=1S/C35H58O6/c1-26(2)18-12-8-7-9-15-21-29-24-30(33(36)37)25-31(34(38)40-22-16-10-13-19-27(3)4)32(29)35(39)41-23-17-11-14-20-28(5)6/h24-28H,7-23H2,1-6H3,(H,36,37). The number of ether oxygens (including phenoxy) is 2. The lowest BCUT2D eigenvalue weighted by molar-refractivity contribution is 0.0448. The smallest absolute Gasteiger partial charge is 0.339 e. The second kappa shape index (κ2) is 21.4. The van der Waals surface area contributed by atoms with E-state index in [-0.39, 0.29) is 29.9 Å². The van der Waals surface area contributed by atoms with E-state index < -0.39 is 17.9 Å². The van der Waals surface area contributed by atoms with Gasteiger partial charge in [-0.3, -0.25) is 0 Å². The molecular weight excluding hydrogens is 516 g/mol. The molecule has 234 valence electrons. The van der Waals surface area contributed by atoms with E-state index in [0.29, 0.717) is 29.7 Å². The molecule has 0 fully saturated rings. The Kier molecular flexibility index (Phi) is 19.1. The van der Waals surface area contributed by atoms with Crippen LogP contribution in [0.4, 0.5) is 0 Å². The zero-order valence-electron chi connectivity index (χ0n) is 26.9. The Balaban J connectivity index is 3.00. The third kappa shape index (κ3) is 16.6. The zero-order chi connectivity index (χ0) is 30.6.